The Morgan fingerprint density at radius 3 is 0.687 bits per heavy atom. The second-order valence-electron chi connectivity index (χ2n) is 45.2. The lowest BCUT2D eigenvalue weighted by molar-refractivity contribution is -0.143. The van der Waals surface area contributed by atoms with Crippen LogP contribution in [-0.4, -0.2) is 47.3 Å². The molecule has 0 spiro atoms. The molecule has 0 aromatic rings. The van der Waals surface area contributed by atoms with E-state index in [0.29, 0.717) is 24.2 Å². The number of carbonyl (C=O) groups excluding carboxylic acids is 2. The fraction of sp³-hybridized carbons (Fsp3) is 0.954. The molecule has 115 heavy (non-hydrogen) atoms. The van der Waals surface area contributed by atoms with Crippen molar-refractivity contribution in [2.45, 2.75) is 462 Å². The minimum Gasteiger partial charge on any atom is -0.504 e. The molecule has 0 atom stereocenters. The second-order valence-corrected chi connectivity index (χ2v) is 45.8. The summed E-state index contributed by atoms with van der Waals surface area (Å²) in [6.45, 7) is 0.432. The third kappa shape index (κ3) is 28.1. The van der Waals surface area contributed by atoms with Crippen LogP contribution in [0.5, 0.6) is 0 Å². The van der Waals surface area contributed by atoms with Crippen molar-refractivity contribution >= 4 is 34.0 Å². The average Bonchev–Trinajstić information content (AvgIpc) is 1.72. The molecule has 0 radical (unpaired) electrons. The van der Waals surface area contributed by atoms with Crippen molar-refractivity contribution in [1.29, 1.82) is 0 Å². The van der Waals surface area contributed by atoms with Gasteiger partial charge in [0.25, 0.3) is 0 Å². The highest BCUT2D eigenvalue weighted by Gasteiger charge is 2.42. The van der Waals surface area contributed by atoms with Gasteiger partial charge in [-0.25, -0.2) is 0 Å². The Morgan fingerprint density at radius 2 is 0.478 bits per heavy atom. The van der Waals surface area contributed by atoms with Crippen molar-refractivity contribution in [3.05, 3.63) is 11.8 Å². The van der Waals surface area contributed by atoms with Gasteiger partial charge in [0.2, 0.25) is 0 Å². The van der Waals surface area contributed by atoms with Crippen LogP contribution in [0.15, 0.2) is 11.8 Å². The molecule has 18 saturated carbocycles. The quantitative estimate of drug-likeness (QED) is 0.0855. The highest BCUT2D eigenvalue weighted by molar-refractivity contribution is 9.09. The third-order valence-electron chi connectivity index (χ3n) is 39.2. The summed E-state index contributed by atoms with van der Waals surface area (Å²) in [6, 6.07) is 0. The number of aliphatic carboxylic acids is 1. The van der Waals surface area contributed by atoms with E-state index in [2.05, 4.69) is 15.9 Å². The summed E-state index contributed by atoms with van der Waals surface area (Å²) < 4.78 is 5.17. The van der Waals surface area contributed by atoms with Gasteiger partial charge in [-0.1, -0.05) is 170 Å². The third-order valence-corrected chi connectivity index (χ3v) is 40.1. The number of Topliss-reactive ketones (excluding diaryl/α,β-unsaturated/α-hetero) is 1. The molecule has 18 rings (SSSR count). The molecule has 2 N–H and O–H groups in total. The van der Waals surface area contributed by atoms with E-state index in [1.54, 1.807) is 76.9 Å². The van der Waals surface area contributed by atoms with Gasteiger partial charge in [-0.3, -0.25) is 9.59 Å². The number of alkyl halides is 1. The number of halogens is 1. The fourth-order valence-electron chi connectivity index (χ4n) is 31.5. The maximum absolute atomic E-state index is 11.3. The number of methoxy groups -OCH3 is 1. The van der Waals surface area contributed by atoms with Crippen molar-refractivity contribution in [3.8, 4) is 0 Å². The summed E-state index contributed by atoms with van der Waals surface area (Å²) in [5, 5.41) is 19.6. The summed E-state index contributed by atoms with van der Waals surface area (Å²) in [6.07, 6.45) is 106. The van der Waals surface area contributed by atoms with Crippen LogP contribution in [0.4, 0.5) is 0 Å². The van der Waals surface area contributed by atoms with E-state index in [4.69, 9.17) is 9.84 Å². The number of hydrogen-bond acceptors (Lipinski definition) is 5. The zero-order chi connectivity index (χ0) is 79.3. The minimum absolute atomic E-state index is 0.0407. The molecule has 0 amide bonds. The monoisotopic (exact) mass is 1660 g/mol. The van der Waals surface area contributed by atoms with E-state index in [1.807, 2.05) is 6.26 Å². The number of aliphatic hydroxyl groups is 1. The summed E-state index contributed by atoms with van der Waals surface area (Å²) >= 11 is 3.67. The Morgan fingerprint density at radius 1 is 0.287 bits per heavy atom. The van der Waals surface area contributed by atoms with Gasteiger partial charge in [-0.2, -0.15) is 0 Å². The molecule has 0 aromatic carbocycles. The molecule has 0 aliphatic heterocycles. The van der Waals surface area contributed by atoms with Gasteiger partial charge in [0.05, 0.1) is 19.3 Å². The number of carboxylic acids is 1. The molecule has 0 unspecified atom stereocenters. The average molecular weight is 1660 g/mol. The molecular formula is C108H183BrO6. The van der Waals surface area contributed by atoms with Gasteiger partial charge in [0.15, 0.2) is 0 Å². The molecule has 7 heteroatoms. The zero-order valence-corrected chi connectivity index (χ0v) is 76.6. The van der Waals surface area contributed by atoms with Crippen LogP contribution < -0.4 is 0 Å². The number of carbonyl (C=O) groups is 3. The Hall–Kier alpha value is -1.21. The maximum atomic E-state index is 11.3. The van der Waals surface area contributed by atoms with Gasteiger partial charge in [0, 0.05) is 30.7 Å². The molecule has 18 aliphatic rings. The normalized spacial score (nSPS) is 39.4. The maximum Gasteiger partial charge on any atom is 0.306 e. The lowest BCUT2D eigenvalue weighted by Gasteiger charge is -2.39. The van der Waals surface area contributed by atoms with Gasteiger partial charge in [-0.15, -0.1) is 0 Å². The number of ether oxygens (including phenoxy) is 1. The highest BCUT2D eigenvalue weighted by Crippen LogP contribution is 2.53. The van der Waals surface area contributed by atoms with Crippen molar-refractivity contribution in [1.82, 2.24) is 0 Å². The SMILES string of the molecule is BrCC1CCC(C2CCC(C3CCCC3)CC2)CC1.COC=C1CCC(C2CCC(C3CCCC3)CC2)CC1.O=C(O)C1CCC(C2CCC(C3CCCC3)CC2)CC1.O=C1CCC(C2CCC(C3CCCC3)CC2)CC1.O=CC1CCC(C2CCC(C3CCCC3)CC2)CC1.OCC1CCC(C2CCC(C3CCCC3)CC2)CC1. The van der Waals surface area contributed by atoms with E-state index in [-0.39, 0.29) is 5.92 Å². The van der Waals surface area contributed by atoms with Crippen LogP contribution in [0.25, 0.3) is 0 Å². The number of aldehydes is 1. The van der Waals surface area contributed by atoms with E-state index >= 15 is 0 Å². The fourth-order valence-corrected chi connectivity index (χ4v) is 32.2. The number of hydrogen-bond donors (Lipinski definition) is 2. The van der Waals surface area contributed by atoms with Crippen LogP contribution in [0.3, 0.4) is 0 Å². The number of carboxylic acid groups (broad SMARTS) is 1. The van der Waals surface area contributed by atoms with Gasteiger partial charge >= 0.3 is 5.97 Å². The van der Waals surface area contributed by atoms with Crippen molar-refractivity contribution in [2.75, 3.05) is 19.0 Å². The smallest absolute Gasteiger partial charge is 0.306 e. The first-order chi connectivity index (χ1) is 56.5. The summed E-state index contributed by atoms with van der Waals surface area (Å²) in [4.78, 5) is 33.2. The zero-order valence-electron chi connectivity index (χ0n) is 75.1. The van der Waals surface area contributed by atoms with Gasteiger partial charge in [0.1, 0.15) is 12.1 Å². The molecular weight excluding hydrogens is 1470 g/mol. The molecule has 6 nitrogen and oxygen atoms in total. The lowest BCUT2D eigenvalue weighted by atomic mass is 9.67. The number of allylic oxidation sites excluding steroid dienone is 1. The van der Waals surface area contributed by atoms with E-state index < -0.39 is 5.97 Å². The molecule has 0 aromatic heterocycles. The molecule has 0 saturated heterocycles. The van der Waals surface area contributed by atoms with Crippen molar-refractivity contribution in [2.24, 2.45) is 166 Å². The van der Waals surface area contributed by atoms with Gasteiger partial charge in [-0.05, 0) is 455 Å². The summed E-state index contributed by atoms with van der Waals surface area (Å²) in [5.74, 6) is 26.9. The standard InChI is InChI=1S/C19H32O.C18H31Br.C18H30O2.C18H32O.C18H30O.C17H28O/c1-20-14-15-6-8-17(9-7-15)19-12-10-18(11-13-19)16-4-2-3-5-16;19-13-14-5-7-16(8-6-14)18-11-9-17(10-12-18)15-3-1-2-4-15;19-18(20)17-11-9-16(10-12-17)15-7-5-14(6-8-15)13-3-1-2-4-13;2*19-13-14-5-7-16(8-6-14)18-11-9-17(10-12-18)15-3-1-2-4-15;18-17-11-9-16(10-12-17)15-7-5-14(6-8-15)13-3-1-2-4-13/h14,16-19H,2-13H2,1H3;14-18H,1-13H2;13-17H,1-12H2,(H,19,20);14-19H,1-13H2;13-18H,1-12H2;13-16H,1-12H2. The lowest BCUT2D eigenvalue weighted by Crippen LogP contribution is -2.29. The molecule has 658 valence electrons. The predicted octanol–water partition coefficient (Wildman–Crippen LogP) is 31.3. The van der Waals surface area contributed by atoms with Crippen molar-refractivity contribution in [3.63, 3.8) is 0 Å². The first-order valence-corrected chi connectivity index (χ1v) is 54.2. The van der Waals surface area contributed by atoms with E-state index in [1.165, 1.54) is 384 Å². The Kier molecular flexibility index (Phi) is 39.4. The summed E-state index contributed by atoms with van der Waals surface area (Å²) in [5.41, 5.74) is 1.54. The largest absolute Gasteiger partial charge is 0.504 e. The van der Waals surface area contributed by atoms with Gasteiger partial charge < -0.3 is 19.7 Å². The topological polar surface area (TPSA) is 101 Å². The minimum atomic E-state index is -0.562. The van der Waals surface area contributed by atoms with Crippen LogP contribution in [0, 0.1) is 166 Å². The highest BCUT2D eigenvalue weighted by atomic mass is 79.9. The van der Waals surface area contributed by atoms with E-state index in [9.17, 15) is 19.5 Å². The van der Waals surface area contributed by atoms with Crippen molar-refractivity contribution < 1.29 is 29.3 Å². The second kappa shape index (κ2) is 49.5. The Bertz CT molecular complexity index is 2570. The predicted molar refractivity (Wildman–Crippen MR) is 485 cm³/mol. The van der Waals surface area contributed by atoms with Crippen LogP contribution >= 0.6 is 15.9 Å². The number of ketones is 1. The van der Waals surface area contributed by atoms with Crippen LogP contribution in [0.1, 0.15) is 462 Å². The Labute approximate surface area is 717 Å². The Balaban J connectivity index is 0.000000120. The first-order valence-electron chi connectivity index (χ1n) is 53.1. The van der Waals surface area contributed by atoms with E-state index in [0.717, 1.165) is 174 Å². The molecule has 0 heterocycles. The molecule has 18 fully saturated rings. The van der Waals surface area contributed by atoms with Crippen LogP contribution in [0.2, 0.25) is 0 Å². The molecule has 0 bridgehead atoms. The molecule has 18 aliphatic carbocycles. The van der Waals surface area contributed by atoms with Crippen LogP contribution in [-0.2, 0) is 19.1 Å². The first kappa shape index (κ1) is 91.5. The number of rotatable bonds is 17. The number of aliphatic hydroxyl groups excluding tert-OH is 1. The summed E-state index contributed by atoms with van der Waals surface area (Å²) in [7, 11) is 1.78.